The predicted octanol–water partition coefficient (Wildman–Crippen LogP) is 2.28. The van der Waals surface area contributed by atoms with E-state index in [9.17, 15) is 4.79 Å². The lowest BCUT2D eigenvalue weighted by Gasteiger charge is -2.09. The third-order valence-electron chi connectivity index (χ3n) is 3.07. The molecule has 118 valence electrons. The molecule has 0 bridgehead atoms. The highest BCUT2D eigenvalue weighted by Gasteiger charge is 2.08. The van der Waals surface area contributed by atoms with Gasteiger partial charge in [0.25, 0.3) is 5.91 Å². The van der Waals surface area contributed by atoms with Gasteiger partial charge in [-0.3, -0.25) is 4.79 Å². The lowest BCUT2D eigenvalue weighted by Crippen LogP contribution is -2.24. The van der Waals surface area contributed by atoms with Crippen molar-refractivity contribution in [3.05, 3.63) is 53.2 Å². The summed E-state index contributed by atoms with van der Waals surface area (Å²) in [6.07, 6.45) is 0.275. The summed E-state index contributed by atoms with van der Waals surface area (Å²) >= 11 is 0. The van der Waals surface area contributed by atoms with Crippen LogP contribution < -0.4 is 15.8 Å². The second-order valence-electron chi connectivity index (χ2n) is 4.95. The molecular formula is C17H18N4O2. The number of nitrogens with two attached hydrogens (primary N) is 1. The first kappa shape index (κ1) is 16.5. The third-order valence-corrected chi connectivity index (χ3v) is 3.07. The van der Waals surface area contributed by atoms with Crippen molar-refractivity contribution in [1.82, 2.24) is 10.3 Å². The highest BCUT2D eigenvalue weighted by atomic mass is 16.5. The molecule has 1 heterocycles. The molecule has 1 aromatic carbocycles. The SMILES string of the molecule is Cc1cc(CN)cc(Oc2cccc(C(=O)NCCC#N)c2)n1. The smallest absolute Gasteiger partial charge is 0.251 e. The fraction of sp³-hybridized carbons (Fsp3) is 0.235. The van der Waals surface area contributed by atoms with E-state index in [1.54, 1.807) is 30.3 Å². The van der Waals surface area contributed by atoms with Crippen LogP contribution in [-0.4, -0.2) is 17.4 Å². The van der Waals surface area contributed by atoms with E-state index in [1.807, 2.05) is 19.1 Å². The standard InChI is InChI=1S/C17H18N4O2/c1-12-8-13(11-19)9-16(21-12)23-15-5-2-4-14(10-15)17(22)20-7-3-6-18/h2,4-5,8-10H,3,7,11,19H2,1H3,(H,20,22). The van der Waals surface area contributed by atoms with Gasteiger partial charge < -0.3 is 15.8 Å². The Morgan fingerprint density at radius 1 is 1.39 bits per heavy atom. The predicted molar refractivity (Wildman–Crippen MR) is 85.9 cm³/mol. The molecule has 0 radical (unpaired) electrons. The Bertz CT molecular complexity index is 738. The molecule has 0 aliphatic rings. The summed E-state index contributed by atoms with van der Waals surface area (Å²) in [6.45, 7) is 2.59. The van der Waals surface area contributed by atoms with E-state index in [1.165, 1.54) is 0 Å². The number of ether oxygens (including phenoxy) is 1. The fourth-order valence-electron chi connectivity index (χ4n) is 2.03. The van der Waals surface area contributed by atoms with Crippen LogP contribution in [0.4, 0.5) is 0 Å². The molecular weight excluding hydrogens is 292 g/mol. The van der Waals surface area contributed by atoms with Crippen molar-refractivity contribution in [2.75, 3.05) is 6.54 Å². The molecule has 23 heavy (non-hydrogen) atoms. The molecule has 0 spiro atoms. The van der Waals surface area contributed by atoms with E-state index in [4.69, 9.17) is 15.7 Å². The van der Waals surface area contributed by atoms with Crippen LogP contribution >= 0.6 is 0 Å². The topological polar surface area (TPSA) is 101 Å². The normalized spacial score (nSPS) is 9.96. The van der Waals surface area contributed by atoms with Gasteiger partial charge in [-0.2, -0.15) is 5.26 Å². The molecule has 6 nitrogen and oxygen atoms in total. The Morgan fingerprint density at radius 3 is 2.96 bits per heavy atom. The summed E-state index contributed by atoms with van der Waals surface area (Å²) in [5.41, 5.74) is 7.85. The van der Waals surface area contributed by atoms with Crippen LogP contribution in [0.1, 0.15) is 28.0 Å². The molecule has 0 aliphatic heterocycles. The minimum atomic E-state index is -0.245. The third kappa shape index (κ3) is 4.80. The Balaban J connectivity index is 2.12. The van der Waals surface area contributed by atoms with Gasteiger partial charge in [-0.25, -0.2) is 4.98 Å². The number of pyridine rings is 1. The molecule has 3 N–H and O–H groups in total. The van der Waals surface area contributed by atoms with E-state index in [0.29, 0.717) is 30.3 Å². The quantitative estimate of drug-likeness (QED) is 0.797. The minimum absolute atomic E-state index is 0.245. The van der Waals surface area contributed by atoms with Gasteiger partial charge in [0, 0.05) is 30.4 Å². The number of hydrogen-bond donors (Lipinski definition) is 2. The van der Waals surface area contributed by atoms with Gasteiger partial charge in [0.05, 0.1) is 12.5 Å². The van der Waals surface area contributed by atoms with E-state index in [0.717, 1.165) is 11.3 Å². The molecule has 0 saturated carbocycles. The molecule has 0 fully saturated rings. The molecule has 1 aromatic heterocycles. The lowest BCUT2D eigenvalue weighted by atomic mass is 10.2. The maximum Gasteiger partial charge on any atom is 0.251 e. The van der Waals surface area contributed by atoms with Gasteiger partial charge in [-0.15, -0.1) is 0 Å². The van der Waals surface area contributed by atoms with Crippen LogP contribution in [0.3, 0.4) is 0 Å². The van der Waals surface area contributed by atoms with Crippen molar-refractivity contribution in [3.63, 3.8) is 0 Å². The van der Waals surface area contributed by atoms with Crippen LogP contribution in [0.25, 0.3) is 0 Å². The van der Waals surface area contributed by atoms with Crippen molar-refractivity contribution in [2.45, 2.75) is 19.9 Å². The monoisotopic (exact) mass is 310 g/mol. The molecule has 0 atom stereocenters. The zero-order valence-corrected chi connectivity index (χ0v) is 12.9. The second kappa shape index (κ2) is 7.92. The van der Waals surface area contributed by atoms with Crippen molar-refractivity contribution < 1.29 is 9.53 Å². The van der Waals surface area contributed by atoms with Gasteiger partial charge in [-0.1, -0.05) is 6.07 Å². The number of nitrogens with zero attached hydrogens (tertiary/aromatic N) is 2. The maximum absolute atomic E-state index is 12.0. The largest absolute Gasteiger partial charge is 0.439 e. The number of amides is 1. The molecule has 6 heteroatoms. The number of benzene rings is 1. The Labute approximate surface area is 134 Å². The van der Waals surface area contributed by atoms with E-state index < -0.39 is 0 Å². The molecule has 1 amide bonds. The van der Waals surface area contributed by atoms with Gasteiger partial charge in [-0.05, 0) is 36.8 Å². The van der Waals surface area contributed by atoms with Crippen molar-refractivity contribution in [2.24, 2.45) is 5.73 Å². The van der Waals surface area contributed by atoms with Gasteiger partial charge >= 0.3 is 0 Å². The number of carbonyl (C=O) groups is 1. The number of aryl methyl sites for hydroxylation is 1. The Kier molecular flexibility index (Phi) is 5.67. The zero-order chi connectivity index (χ0) is 16.7. The summed E-state index contributed by atoms with van der Waals surface area (Å²) < 4.78 is 5.72. The maximum atomic E-state index is 12.0. The zero-order valence-electron chi connectivity index (χ0n) is 12.9. The first-order valence-corrected chi connectivity index (χ1v) is 7.23. The number of nitrogens with one attached hydrogen (secondary N) is 1. The first-order valence-electron chi connectivity index (χ1n) is 7.23. The Morgan fingerprint density at radius 2 is 2.22 bits per heavy atom. The highest BCUT2D eigenvalue weighted by molar-refractivity contribution is 5.94. The Hall–Kier alpha value is -2.91. The minimum Gasteiger partial charge on any atom is -0.439 e. The van der Waals surface area contributed by atoms with Gasteiger partial charge in [0.2, 0.25) is 5.88 Å². The number of carbonyl (C=O) groups excluding carboxylic acids is 1. The number of rotatable bonds is 6. The number of aromatic nitrogens is 1. The van der Waals surface area contributed by atoms with Crippen LogP contribution in [0, 0.1) is 18.3 Å². The summed E-state index contributed by atoms with van der Waals surface area (Å²) in [5, 5.41) is 11.2. The second-order valence-corrected chi connectivity index (χ2v) is 4.95. The molecule has 2 rings (SSSR count). The summed E-state index contributed by atoms with van der Waals surface area (Å²) in [4.78, 5) is 16.3. The van der Waals surface area contributed by atoms with Crippen molar-refractivity contribution >= 4 is 5.91 Å². The van der Waals surface area contributed by atoms with E-state index in [-0.39, 0.29) is 12.3 Å². The van der Waals surface area contributed by atoms with Gasteiger partial charge in [0.15, 0.2) is 0 Å². The molecule has 0 aliphatic carbocycles. The highest BCUT2D eigenvalue weighted by Crippen LogP contribution is 2.22. The summed E-state index contributed by atoms with van der Waals surface area (Å²) in [7, 11) is 0. The van der Waals surface area contributed by atoms with Crippen LogP contribution in [0.15, 0.2) is 36.4 Å². The fourth-order valence-corrected chi connectivity index (χ4v) is 2.03. The lowest BCUT2D eigenvalue weighted by molar-refractivity contribution is 0.0954. The van der Waals surface area contributed by atoms with Crippen molar-refractivity contribution in [3.8, 4) is 17.7 Å². The first-order chi connectivity index (χ1) is 11.1. The van der Waals surface area contributed by atoms with Crippen LogP contribution in [0.2, 0.25) is 0 Å². The van der Waals surface area contributed by atoms with E-state index in [2.05, 4.69) is 10.3 Å². The number of nitriles is 1. The molecule has 2 aromatic rings. The average molecular weight is 310 g/mol. The van der Waals surface area contributed by atoms with Crippen LogP contribution in [0.5, 0.6) is 11.6 Å². The average Bonchev–Trinajstić information content (AvgIpc) is 2.54. The van der Waals surface area contributed by atoms with Crippen LogP contribution in [-0.2, 0) is 6.54 Å². The van der Waals surface area contributed by atoms with E-state index >= 15 is 0 Å². The molecule has 0 saturated heterocycles. The summed E-state index contributed by atoms with van der Waals surface area (Å²) in [6, 6.07) is 12.4. The molecule has 0 unspecified atom stereocenters. The van der Waals surface area contributed by atoms with Crippen molar-refractivity contribution in [1.29, 1.82) is 5.26 Å². The number of hydrogen-bond acceptors (Lipinski definition) is 5. The summed E-state index contributed by atoms with van der Waals surface area (Å²) in [5.74, 6) is 0.706. The van der Waals surface area contributed by atoms with Gasteiger partial charge in [0.1, 0.15) is 5.75 Å².